The smallest absolute Gasteiger partial charge is 0.240 e. The van der Waals surface area contributed by atoms with Crippen LogP contribution in [0.25, 0.3) is 0 Å². The van der Waals surface area contributed by atoms with Gasteiger partial charge in [0.15, 0.2) is 0 Å². The van der Waals surface area contributed by atoms with Crippen LogP contribution in [0.15, 0.2) is 24.3 Å². The summed E-state index contributed by atoms with van der Waals surface area (Å²) in [6, 6.07) is 9.37. The Kier molecular flexibility index (Phi) is 7.21. The highest BCUT2D eigenvalue weighted by Gasteiger charge is 2.24. The lowest BCUT2D eigenvalue weighted by atomic mass is 10.0. The molecular weight excluding hydrogens is 286 g/mol. The highest BCUT2D eigenvalue weighted by molar-refractivity contribution is 5.85. The van der Waals surface area contributed by atoms with Gasteiger partial charge in [0, 0.05) is 13.1 Å². The number of halogens is 1. The summed E-state index contributed by atoms with van der Waals surface area (Å²) in [5, 5.41) is 11.9. The first-order chi connectivity index (χ1) is 9.74. The van der Waals surface area contributed by atoms with Gasteiger partial charge in [-0.2, -0.15) is 5.26 Å². The number of likely N-dealkylation sites (tertiary alicyclic amines) is 1. The van der Waals surface area contributed by atoms with Gasteiger partial charge < -0.3 is 10.2 Å². The maximum absolute atomic E-state index is 12.5. The van der Waals surface area contributed by atoms with E-state index in [0.29, 0.717) is 12.0 Å². The number of benzene rings is 1. The zero-order valence-corrected chi connectivity index (χ0v) is 13.2. The Balaban J connectivity index is 0.00000220. The lowest BCUT2D eigenvalue weighted by molar-refractivity contribution is -0.134. The second-order valence-electron chi connectivity index (χ2n) is 5.24. The molecule has 1 aromatic rings. The van der Waals surface area contributed by atoms with Crippen LogP contribution >= 0.6 is 12.4 Å². The third kappa shape index (κ3) is 4.73. The largest absolute Gasteiger partial charge is 0.341 e. The molecule has 5 heteroatoms. The van der Waals surface area contributed by atoms with Crippen LogP contribution in [-0.2, 0) is 11.2 Å². The zero-order valence-electron chi connectivity index (χ0n) is 12.3. The Labute approximate surface area is 132 Å². The van der Waals surface area contributed by atoms with Crippen LogP contribution in [0.2, 0.25) is 0 Å². The van der Waals surface area contributed by atoms with Crippen LogP contribution in [0.1, 0.15) is 30.4 Å². The van der Waals surface area contributed by atoms with E-state index in [9.17, 15) is 4.79 Å². The van der Waals surface area contributed by atoms with Crippen molar-refractivity contribution in [1.82, 2.24) is 10.2 Å². The molecule has 1 aliphatic heterocycles. The van der Waals surface area contributed by atoms with E-state index in [4.69, 9.17) is 5.26 Å². The predicted octanol–water partition coefficient (Wildman–Crippen LogP) is 2.12. The number of likely N-dealkylation sites (N-methyl/N-ethyl adjacent to an activating group) is 1. The maximum atomic E-state index is 12.5. The van der Waals surface area contributed by atoms with E-state index in [1.165, 1.54) is 6.42 Å². The Bertz CT molecular complexity index is 489. The summed E-state index contributed by atoms with van der Waals surface area (Å²) in [5.74, 6) is 0.191. The third-order valence-corrected chi connectivity index (χ3v) is 3.84. The van der Waals surface area contributed by atoms with E-state index in [1.54, 1.807) is 12.1 Å². The Morgan fingerprint density at radius 1 is 1.29 bits per heavy atom. The number of hydrogen-bond acceptors (Lipinski definition) is 3. The summed E-state index contributed by atoms with van der Waals surface area (Å²) < 4.78 is 0. The molecule has 1 aliphatic rings. The third-order valence-electron chi connectivity index (χ3n) is 3.84. The van der Waals surface area contributed by atoms with Crippen LogP contribution in [0.5, 0.6) is 0 Å². The molecule has 0 radical (unpaired) electrons. The fourth-order valence-electron chi connectivity index (χ4n) is 2.60. The summed E-state index contributed by atoms with van der Waals surface area (Å²) in [6.45, 7) is 1.76. The van der Waals surface area contributed by atoms with Gasteiger partial charge in [-0.3, -0.25) is 4.79 Å². The van der Waals surface area contributed by atoms with Crippen molar-refractivity contribution in [3.8, 4) is 6.07 Å². The van der Waals surface area contributed by atoms with Crippen molar-refractivity contribution in [2.45, 2.75) is 31.7 Å². The molecule has 0 aromatic heterocycles. The predicted molar refractivity (Wildman–Crippen MR) is 85.4 cm³/mol. The monoisotopic (exact) mass is 307 g/mol. The molecule has 1 aromatic carbocycles. The lowest BCUT2D eigenvalue weighted by Crippen LogP contribution is -2.48. The van der Waals surface area contributed by atoms with Gasteiger partial charge in [0.1, 0.15) is 0 Å². The number of nitrogens with one attached hydrogen (secondary N) is 1. The molecule has 0 unspecified atom stereocenters. The van der Waals surface area contributed by atoms with E-state index in [2.05, 4.69) is 11.4 Å². The number of carbonyl (C=O) groups excluding carboxylic acids is 1. The van der Waals surface area contributed by atoms with Gasteiger partial charge in [0.2, 0.25) is 5.91 Å². The van der Waals surface area contributed by atoms with Crippen LogP contribution in [0.3, 0.4) is 0 Å². The van der Waals surface area contributed by atoms with Crippen molar-refractivity contribution in [3.05, 3.63) is 35.4 Å². The SMILES string of the molecule is CN[C@@H](Cc1ccc(C#N)cc1)C(=O)N1CCCCC1.Cl. The van der Waals surface area contributed by atoms with Crippen molar-refractivity contribution >= 4 is 18.3 Å². The summed E-state index contributed by atoms with van der Waals surface area (Å²) in [5.41, 5.74) is 1.73. The highest BCUT2D eigenvalue weighted by Crippen LogP contribution is 2.13. The minimum atomic E-state index is -0.180. The average molecular weight is 308 g/mol. The highest BCUT2D eigenvalue weighted by atomic mass is 35.5. The van der Waals surface area contributed by atoms with Crippen LogP contribution in [-0.4, -0.2) is 37.0 Å². The van der Waals surface area contributed by atoms with Gasteiger partial charge in [-0.25, -0.2) is 0 Å². The van der Waals surface area contributed by atoms with Gasteiger partial charge in [-0.05, 0) is 50.4 Å². The second kappa shape index (κ2) is 8.66. The van der Waals surface area contributed by atoms with Gasteiger partial charge in [0.05, 0.1) is 17.7 Å². The fraction of sp³-hybridized carbons (Fsp3) is 0.500. The first-order valence-corrected chi connectivity index (χ1v) is 7.19. The van der Waals surface area contributed by atoms with E-state index < -0.39 is 0 Å². The van der Waals surface area contributed by atoms with E-state index in [0.717, 1.165) is 31.5 Å². The first-order valence-electron chi connectivity index (χ1n) is 7.19. The minimum Gasteiger partial charge on any atom is -0.341 e. The molecule has 1 atom stereocenters. The summed E-state index contributed by atoms with van der Waals surface area (Å²) in [6.07, 6.45) is 4.11. The van der Waals surface area contributed by atoms with E-state index in [1.807, 2.05) is 24.1 Å². The molecule has 1 heterocycles. The molecule has 0 bridgehead atoms. The fourth-order valence-corrected chi connectivity index (χ4v) is 2.60. The van der Waals surface area contributed by atoms with Crippen molar-refractivity contribution < 1.29 is 4.79 Å². The zero-order chi connectivity index (χ0) is 14.4. The maximum Gasteiger partial charge on any atom is 0.240 e. The molecular formula is C16H22ClN3O. The number of piperidine rings is 1. The van der Waals surface area contributed by atoms with E-state index >= 15 is 0 Å². The molecule has 0 spiro atoms. The molecule has 2 rings (SSSR count). The summed E-state index contributed by atoms with van der Waals surface area (Å²) in [7, 11) is 1.83. The Morgan fingerprint density at radius 3 is 2.43 bits per heavy atom. The van der Waals surface area contributed by atoms with E-state index in [-0.39, 0.29) is 24.4 Å². The topological polar surface area (TPSA) is 56.1 Å². The number of nitriles is 1. The number of nitrogens with zero attached hydrogens (tertiary/aromatic N) is 2. The molecule has 4 nitrogen and oxygen atoms in total. The summed E-state index contributed by atoms with van der Waals surface area (Å²) in [4.78, 5) is 14.4. The number of carbonyl (C=O) groups is 1. The van der Waals surface area contributed by atoms with Crippen LogP contribution in [0, 0.1) is 11.3 Å². The van der Waals surface area contributed by atoms with Crippen LogP contribution < -0.4 is 5.32 Å². The summed E-state index contributed by atoms with van der Waals surface area (Å²) >= 11 is 0. The molecule has 1 amide bonds. The second-order valence-corrected chi connectivity index (χ2v) is 5.24. The Morgan fingerprint density at radius 2 is 1.90 bits per heavy atom. The van der Waals surface area contributed by atoms with Gasteiger partial charge in [-0.15, -0.1) is 12.4 Å². The quantitative estimate of drug-likeness (QED) is 0.927. The van der Waals surface area contributed by atoms with Crippen molar-refractivity contribution in [3.63, 3.8) is 0 Å². The molecule has 1 saturated heterocycles. The number of rotatable bonds is 4. The van der Waals surface area contributed by atoms with Crippen LogP contribution in [0.4, 0.5) is 0 Å². The lowest BCUT2D eigenvalue weighted by Gasteiger charge is -2.30. The molecule has 21 heavy (non-hydrogen) atoms. The van der Waals surface area contributed by atoms with Gasteiger partial charge in [0.25, 0.3) is 0 Å². The van der Waals surface area contributed by atoms with Crippen molar-refractivity contribution in [1.29, 1.82) is 5.26 Å². The molecule has 1 fully saturated rings. The minimum absolute atomic E-state index is 0. The van der Waals surface area contributed by atoms with Crippen molar-refractivity contribution in [2.24, 2.45) is 0 Å². The van der Waals surface area contributed by atoms with Gasteiger partial charge >= 0.3 is 0 Å². The normalized spacial score (nSPS) is 15.7. The standard InChI is InChI=1S/C16H21N3O.ClH/c1-18-15(16(20)19-9-3-2-4-10-19)11-13-5-7-14(12-17)8-6-13;/h5-8,15,18H,2-4,9-11H2,1H3;1H/t15-;/m0./s1. The molecule has 114 valence electrons. The molecule has 0 aliphatic carbocycles. The Hall–Kier alpha value is -1.57. The first kappa shape index (κ1) is 17.5. The average Bonchev–Trinajstić information content (AvgIpc) is 2.53. The molecule has 0 saturated carbocycles. The molecule has 1 N–H and O–H groups in total. The number of amides is 1. The van der Waals surface area contributed by atoms with Crippen molar-refractivity contribution in [2.75, 3.05) is 20.1 Å². The van der Waals surface area contributed by atoms with Gasteiger partial charge in [-0.1, -0.05) is 12.1 Å². The number of hydrogen-bond donors (Lipinski definition) is 1.